The number of aromatic nitrogens is 3. The van der Waals surface area contributed by atoms with Crippen LogP contribution in [0.1, 0.15) is 17.0 Å². The number of rotatable bonds is 2. The lowest BCUT2D eigenvalue weighted by molar-refractivity contribution is 0.262. The fraction of sp³-hybridized carbons (Fsp3) is 0.231. The fourth-order valence-electron chi connectivity index (χ4n) is 1.41. The summed E-state index contributed by atoms with van der Waals surface area (Å²) in [7, 11) is 0. The number of hydrogen-bond acceptors (Lipinski definition) is 4. The zero-order chi connectivity index (χ0) is 13.8. The minimum absolute atomic E-state index is 0.188. The van der Waals surface area contributed by atoms with Crippen molar-refractivity contribution in [3.05, 3.63) is 41.2 Å². The Bertz CT molecular complexity index is 594. The van der Waals surface area contributed by atoms with Crippen LogP contribution in [-0.2, 0) is 0 Å². The van der Waals surface area contributed by atoms with E-state index < -0.39 is 6.03 Å². The summed E-state index contributed by atoms with van der Waals surface area (Å²) >= 11 is 0. The molecule has 19 heavy (non-hydrogen) atoms. The maximum atomic E-state index is 11.7. The second kappa shape index (κ2) is 5.43. The lowest BCUT2D eigenvalue weighted by atomic mass is 10.2. The normalized spacial score (nSPS) is 10.1. The van der Waals surface area contributed by atoms with Gasteiger partial charge in [-0.1, -0.05) is 17.7 Å². The van der Waals surface area contributed by atoms with Crippen LogP contribution in [0, 0.1) is 20.8 Å². The van der Waals surface area contributed by atoms with Crippen LogP contribution in [0.3, 0.4) is 0 Å². The number of urea groups is 1. The Morgan fingerprint density at radius 2 is 1.63 bits per heavy atom. The average molecular weight is 257 g/mol. The summed E-state index contributed by atoms with van der Waals surface area (Å²) in [4.78, 5) is 15.9. The van der Waals surface area contributed by atoms with Crippen LogP contribution in [0.5, 0.6) is 0 Å². The van der Waals surface area contributed by atoms with E-state index in [1.807, 2.05) is 45.0 Å². The Morgan fingerprint density at radius 1 is 0.947 bits per heavy atom. The van der Waals surface area contributed by atoms with Gasteiger partial charge in [-0.05, 0) is 32.9 Å². The van der Waals surface area contributed by atoms with Gasteiger partial charge in [0.2, 0.25) is 0 Å². The summed E-state index contributed by atoms with van der Waals surface area (Å²) < 4.78 is 0. The van der Waals surface area contributed by atoms with Crippen molar-refractivity contribution in [1.82, 2.24) is 15.2 Å². The third-order valence-electron chi connectivity index (χ3n) is 2.63. The summed E-state index contributed by atoms with van der Waals surface area (Å²) in [5.41, 5.74) is 3.32. The molecule has 0 radical (unpaired) electrons. The van der Waals surface area contributed by atoms with E-state index in [9.17, 15) is 4.79 Å². The number of carbonyl (C=O) groups excluding carboxylic acids is 1. The van der Waals surface area contributed by atoms with Crippen molar-refractivity contribution in [2.45, 2.75) is 20.8 Å². The highest BCUT2D eigenvalue weighted by molar-refractivity contribution is 5.98. The van der Waals surface area contributed by atoms with E-state index in [2.05, 4.69) is 25.8 Å². The van der Waals surface area contributed by atoms with E-state index >= 15 is 0 Å². The molecule has 0 saturated heterocycles. The number of nitrogens with one attached hydrogen (secondary N) is 2. The lowest BCUT2D eigenvalue weighted by Crippen LogP contribution is -2.21. The first-order chi connectivity index (χ1) is 9.04. The van der Waals surface area contributed by atoms with Crippen molar-refractivity contribution in [1.29, 1.82) is 0 Å². The molecule has 0 atom stereocenters. The molecule has 1 aromatic heterocycles. The molecule has 6 nitrogen and oxygen atoms in total. The Kier molecular flexibility index (Phi) is 3.70. The molecule has 0 aliphatic rings. The molecular weight excluding hydrogens is 242 g/mol. The molecule has 2 rings (SSSR count). The molecule has 0 unspecified atom stereocenters. The molecule has 2 aromatic rings. The van der Waals surface area contributed by atoms with Gasteiger partial charge in [0.15, 0.2) is 0 Å². The van der Waals surface area contributed by atoms with Gasteiger partial charge in [0.25, 0.3) is 5.95 Å². The SMILES string of the molecule is Cc1ccc(NC(=O)Nc2nnc(C)c(C)n2)cc1. The van der Waals surface area contributed by atoms with Crippen LogP contribution >= 0.6 is 0 Å². The monoisotopic (exact) mass is 257 g/mol. The Balaban J connectivity index is 2.01. The molecule has 0 aliphatic heterocycles. The van der Waals surface area contributed by atoms with E-state index in [1.165, 1.54) is 0 Å². The summed E-state index contributed by atoms with van der Waals surface area (Å²) in [5, 5.41) is 12.9. The maximum absolute atomic E-state index is 11.7. The van der Waals surface area contributed by atoms with Gasteiger partial charge in [-0.3, -0.25) is 5.32 Å². The highest BCUT2D eigenvalue weighted by Gasteiger charge is 2.06. The van der Waals surface area contributed by atoms with E-state index in [1.54, 1.807) is 0 Å². The van der Waals surface area contributed by atoms with Crippen molar-refractivity contribution in [2.24, 2.45) is 0 Å². The summed E-state index contributed by atoms with van der Waals surface area (Å²) in [6, 6.07) is 7.10. The third-order valence-corrected chi connectivity index (χ3v) is 2.63. The van der Waals surface area contributed by atoms with Crippen LogP contribution in [0.15, 0.2) is 24.3 Å². The van der Waals surface area contributed by atoms with E-state index in [0.29, 0.717) is 5.69 Å². The average Bonchev–Trinajstić information content (AvgIpc) is 2.37. The van der Waals surface area contributed by atoms with Crippen LogP contribution < -0.4 is 10.6 Å². The fourth-order valence-corrected chi connectivity index (χ4v) is 1.41. The van der Waals surface area contributed by atoms with Crippen molar-refractivity contribution in [3.8, 4) is 0 Å². The molecule has 2 amide bonds. The Morgan fingerprint density at radius 3 is 2.26 bits per heavy atom. The molecule has 1 heterocycles. The second-order valence-electron chi connectivity index (χ2n) is 4.25. The minimum atomic E-state index is -0.395. The zero-order valence-corrected chi connectivity index (χ0v) is 11.1. The number of amides is 2. The van der Waals surface area contributed by atoms with E-state index in [4.69, 9.17) is 0 Å². The predicted octanol–water partition coefficient (Wildman–Crippen LogP) is 2.44. The predicted molar refractivity (Wildman–Crippen MR) is 73.1 cm³/mol. The van der Waals surface area contributed by atoms with Crippen molar-refractivity contribution in [3.63, 3.8) is 0 Å². The first kappa shape index (κ1) is 12.9. The van der Waals surface area contributed by atoms with Crippen molar-refractivity contribution in [2.75, 3.05) is 10.6 Å². The van der Waals surface area contributed by atoms with Crippen molar-refractivity contribution < 1.29 is 4.79 Å². The van der Waals surface area contributed by atoms with Crippen LogP contribution in [0.25, 0.3) is 0 Å². The number of nitrogens with zero attached hydrogens (tertiary/aromatic N) is 3. The van der Waals surface area contributed by atoms with E-state index in [0.717, 1.165) is 17.0 Å². The van der Waals surface area contributed by atoms with Crippen LogP contribution in [-0.4, -0.2) is 21.2 Å². The largest absolute Gasteiger partial charge is 0.326 e. The van der Waals surface area contributed by atoms with Gasteiger partial charge in [0, 0.05) is 5.69 Å². The smallest absolute Gasteiger partial charge is 0.308 e. The highest BCUT2D eigenvalue weighted by atomic mass is 16.2. The number of hydrogen-bond donors (Lipinski definition) is 2. The molecule has 0 fully saturated rings. The van der Waals surface area contributed by atoms with Gasteiger partial charge >= 0.3 is 6.03 Å². The molecule has 0 bridgehead atoms. The van der Waals surface area contributed by atoms with Crippen LogP contribution in [0.4, 0.5) is 16.4 Å². The molecular formula is C13H15N5O. The van der Waals surface area contributed by atoms with Gasteiger partial charge in [0.1, 0.15) is 0 Å². The van der Waals surface area contributed by atoms with E-state index in [-0.39, 0.29) is 5.95 Å². The van der Waals surface area contributed by atoms with Crippen molar-refractivity contribution >= 4 is 17.7 Å². The summed E-state index contributed by atoms with van der Waals surface area (Å²) in [6.07, 6.45) is 0. The number of carbonyl (C=O) groups is 1. The summed E-state index contributed by atoms with van der Waals surface area (Å²) in [5.74, 6) is 0.188. The molecule has 6 heteroatoms. The minimum Gasteiger partial charge on any atom is -0.308 e. The summed E-state index contributed by atoms with van der Waals surface area (Å²) in [6.45, 7) is 5.61. The van der Waals surface area contributed by atoms with Gasteiger partial charge in [-0.15, -0.1) is 5.10 Å². The molecule has 98 valence electrons. The maximum Gasteiger partial charge on any atom is 0.326 e. The van der Waals surface area contributed by atoms with Crippen LogP contribution in [0.2, 0.25) is 0 Å². The first-order valence-electron chi connectivity index (χ1n) is 5.87. The quantitative estimate of drug-likeness (QED) is 0.866. The third kappa shape index (κ3) is 3.48. The Hall–Kier alpha value is -2.50. The highest BCUT2D eigenvalue weighted by Crippen LogP contribution is 2.09. The lowest BCUT2D eigenvalue weighted by Gasteiger charge is -2.07. The zero-order valence-electron chi connectivity index (χ0n) is 11.1. The van der Waals surface area contributed by atoms with Gasteiger partial charge in [-0.2, -0.15) is 5.10 Å². The standard InChI is InChI=1S/C13H15N5O/c1-8-4-6-11(7-5-8)15-13(19)16-12-14-9(2)10(3)17-18-12/h4-7H,1-3H3,(H2,14,15,16,18,19). The number of aryl methyl sites for hydroxylation is 3. The molecule has 0 spiro atoms. The van der Waals surface area contributed by atoms with Gasteiger partial charge < -0.3 is 5.32 Å². The number of anilines is 2. The topological polar surface area (TPSA) is 79.8 Å². The molecule has 2 N–H and O–H groups in total. The van der Waals surface area contributed by atoms with Gasteiger partial charge in [0.05, 0.1) is 11.4 Å². The molecule has 0 aliphatic carbocycles. The number of benzene rings is 1. The Labute approximate surface area is 111 Å². The molecule has 1 aromatic carbocycles. The second-order valence-corrected chi connectivity index (χ2v) is 4.25. The first-order valence-corrected chi connectivity index (χ1v) is 5.87. The molecule has 0 saturated carbocycles. The van der Waals surface area contributed by atoms with Gasteiger partial charge in [-0.25, -0.2) is 9.78 Å².